The summed E-state index contributed by atoms with van der Waals surface area (Å²) in [5.74, 6) is 0.0628. The van der Waals surface area contributed by atoms with Crippen molar-refractivity contribution in [3.05, 3.63) is 24.3 Å². The number of nitrogens with one attached hydrogen (secondary N) is 2. The minimum Gasteiger partial charge on any atom is -0.497 e. The van der Waals surface area contributed by atoms with Crippen LogP contribution >= 0.6 is 11.3 Å². The van der Waals surface area contributed by atoms with Gasteiger partial charge in [0.25, 0.3) is 0 Å². The van der Waals surface area contributed by atoms with Crippen LogP contribution in [0.1, 0.15) is 27.7 Å². The van der Waals surface area contributed by atoms with Gasteiger partial charge < -0.3 is 10.1 Å². The van der Waals surface area contributed by atoms with Crippen LogP contribution in [-0.4, -0.2) is 35.2 Å². The van der Waals surface area contributed by atoms with Crippen molar-refractivity contribution < 1.29 is 14.3 Å². The summed E-state index contributed by atoms with van der Waals surface area (Å²) in [6, 6.07) is 6.81. The molecule has 1 aromatic carbocycles. The first-order valence-electron chi connectivity index (χ1n) is 8.41. The molecular weight excluding hydrogens is 352 g/mol. The fourth-order valence-corrected chi connectivity index (χ4v) is 2.91. The Kier molecular flexibility index (Phi) is 6.68. The van der Waals surface area contributed by atoms with Crippen LogP contribution in [-0.2, 0) is 9.59 Å². The van der Waals surface area contributed by atoms with Crippen molar-refractivity contribution in [3.8, 4) is 16.3 Å². The van der Waals surface area contributed by atoms with Gasteiger partial charge in [0.1, 0.15) is 16.8 Å². The molecule has 7 nitrogen and oxygen atoms in total. The molecule has 1 atom stereocenters. The van der Waals surface area contributed by atoms with E-state index in [9.17, 15) is 9.59 Å². The average Bonchev–Trinajstić information content (AvgIpc) is 3.07. The molecule has 8 heteroatoms. The number of hydrogen-bond donors (Lipinski definition) is 2. The molecule has 0 bridgehead atoms. The van der Waals surface area contributed by atoms with Crippen LogP contribution in [0.5, 0.6) is 5.75 Å². The van der Waals surface area contributed by atoms with Gasteiger partial charge in [-0.15, -0.1) is 10.2 Å². The molecule has 1 heterocycles. The first kappa shape index (κ1) is 19.8. The van der Waals surface area contributed by atoms with Crippen LogP contribution < -0.4 is 15.4 Å². The highest BCUT2D eigenvalue weighted by molar-refractivity contribution is 7.18. The molecular formula is C18H24N4O3S. The predicted octanol–water partition coefficient (Wildman–Crippen LogP) is 2.95. The normalized spacial score (nSPS) is 12.1. The van der Waals surface area contributed by atoms with E-state index in [-0.39, 0.29) is 23.7 Å². The van der Waals surface area contributed by atoms with Gasteiger partial charge >= 0.3 is 0 Å². The molecule has 0 aliphatic rings. The van der Waals surface area contributed by atoms with Crippen LogP contribution in [0.3, 0.4) is 0 Å². The first-order valence-corrected chi connectivity index (χ1v) is 9.22. The van der Waals surface area contributed by atoms with E-state index in [2.05, 4.69) is 20.8 Å². The zero-order valence-electron chi connectivity index (χ0n) is 15.6. The molecule has 0 aliphatic heterocycles. The highest BCUT2D eigenvalue weighted by Crippen LogP contribution is 2.28. The Hall–Kier alpha value is -2.48. The van der Waals surface area contributed by atoms with E-state index in [1.165, 1.54) is 11.3 Å². The lowest BCUT2D eigenvalue weighted by Crippen LogP contribution is -2.48. The maximum absolute atomic E-state index is 12.5. The topological polar surface area (TPSA) is 93.2 Å². The van der Waals surface area contributed by atoms with Crippen LogP contribution in [0, 0.1) is 11.8 Å². The van der Waals surface area contributed by atoms with Gasteiger partial charge in [-0.1, -0.05) is 39.0 Å². The van der Waals surface area contributed by atoms with E-state index in [0.717, 1.165) is 11.3 Å². The van der Waals surface area contributed by atoms with Crippen molar-refractivity contribution in [2.75, 3.05) is 12.4 Å². The number of nitrogens with zero attached hydrogens (tertiary/aromatic N) is 2. The summed E-state index contributed by atoms with van der Waals surface area (Å²) < 4.78 is 5.14. The first-order chi connectivity index (χ1) is 12.3. The molecule has 0 saturated carbocycles. The number of ether oxygens (including phenoxy) is 1. The lowest BCUT2D eigenvalue weighted by atomic mass is 10.0. The third-order valence-electron chi connectivity index (χ3n) is 3.76. The molecule has 2 amide bonds. The average molecular weight is 376 g/mol. The zero-order chi connectivity index (χ0) is 19.3. The van der Waals surface area contributed by atoms with E-state index < -0.39 is 6.04 Å². The Morgan fingerprint density at radius 2 is 1.69 bits per heavy atom. The van der Waals surface area contributed by atoms with Gasteiger partial charge in [0.15, 0.2) is 0 Å². The summed E-state index contributed by atoms with van der Waals surface area (Å²) in [6.45, 7) is 7.34. The Morgan fingerprint density at radius 1 is 1.04 bits per heavy atom. The third kappa shape index (κ3) is 5.01. The van der Waals surface area contributed by atoms with E-state index >= 15 is 0 Å². The van der Waals surface area contributed by atoms with Crippen molar-refractivity contribution in [2.45, 2.75) is 33.7 Å². The van der Waals surface area contributed by atoms with Crippen molar-refractivity contribution in [3.63, 3.8) is 0 Å². The van der Waals surface area contributed by atoms with E-state index in [0.29, 0.717) is 10.1 Å². The Balaban J connectivity index is 2.08. The Bertz CT molecular complexity index is 756. The molecule has 0 saturated heterocycles. The molecule has 0 fully saturated rings. The number of rotatable bonds is 7. The summed E-state index contributed by atoms with van der Waals surface area (Å²) in [7, 11) is 1.61. The number of benzene rings is 1. The van der Waals surface area contributed by atoms with Crippen molar-refractivity contribution in [1.29, 1.82) is 0 Å². The molecule has 2 N–H and O–H groups in total. The maximum Gasteiger partial charge on any atom is 0.249 e. The number of carbonyl (C=O) groups is 2. The number of amides is 2. The van der Waals surface area contributed by atoms with Crippen molar-refractivity contribution in [2.24, 2.45) is 11.8 Å². The molecule has 2 rings (SSSR count). The monoisotopic (exact) mass is 376 g/mol. The molecule has 2 aromatic rings. The second kappa shape index (κ2) is 8.75. The summed E-state index contributed by atoms with van der Waals surface area (Å²) >= 11 is 1.27. The molecule has 0 spiro atoms. The quantitative estimate of drug-likeness (QED) is 0.775. The second-order valence-corrected chi connectivity index (χ2v) is 7.49. The van der Waals surface area contributed by atoms with E-state index in [4.69, 9.17) is 4.74 Å². The number of hydrogen-bond acceptors (Lipinski definition) is 6. The number of anilines is 1. The fourth-order valence-electron chi connectivity index (χ4n) is 2.16. The minimum atomic E-state index is -0.627. The van der Waals surface area contributed by atoms with Gasteiger partial charge in [-0.3, -0.25) is 14.9 Å². The molecule has 0 radical (unpaired) electrons. The van der Waals surface area contributed by atoms with Gasteiger partial charge in [-0.05, 0) is 30.2 Å². The second-order valence-electron chi connectivity index (χ2n) is 6.52. The van der Waals surface area contributed by atoms with Crippen LogP contribution in [0.2, 0.25) is 0 Å². The molecule has 1 aromatic heterocycles. The van der Waals surface area contributed by atoms with E-state index in [1.807, 2.05) is 38.1 Å². The van der Waals surface area contributed by atoms with Crippen molar-refractivity contribution >= 4 is 28.3 Å². The smallest absolute Gasteiger partial charge is 0.249 e. The Morgan fingerprint density at radius 3 is 2.23 bits per heavy atom. The van der Waals surface area contributed by atoms with Crippen LogP contribution in [0.15, 0.2) is 24.3 Å². The van der Waals surface area contributed by atoms with Crippen molar-refractivity contribution in [1.82, 2.24) is 15.5 Å². The molecule has 140 valence electrons. The highest BCUT2D eigenvalue weighted by atomic mass is 32.1. The SMILES string of the molecule is COc1ccc(-c2nnc(NC(=O)C(NC(=O)C(C)C)C(C)C)s2)cc1. The summed E-state index contributed by atoms with van der Waals surface area (Å²) in [5.41, 5.74) is 0.886. The zero-order valence-corrected chi connectivity index (χ0v) is 16.4. The summed E-state index contributed by atoms with van der Waals surface area (Å²) in [6.07, 6.45) is 0. The lowest BCUT2D eigenvalue weighted by Gasteiger charge is -2.21. The minimum absolute atomic E-state index is 0.0494. The molecule has 26 heavy (non-hydrogen) atoms. The maximum atomic E-state index is 12.5. The fraction of sp³-hybridized carbons (Fsp3) is 0.444. The number of methoxy groups -OCH3 is 1. The van der Waals surface area contributed by atoms with Gasteiger partial charge in [0.05, 0.1) is 7.11 Å². The number of carbonyl (C=O) groups excluding carboxylic acids is 2. The number of aromatic nitrogens is 2. The third-order valence-corrected chi connectivity index (χ3v) is 4.65. The lowest BCUT2D eigenvalue weighted by molar-refractivity contribution is -0.129. The largest absolute Gasteiger partial charge is 0.497 e. The standard InChI is InChI=1S/C18H24N4O3S/c1-10(2)14(19-15(23)11(3)4)16(24)20-18-22-21-17(26-18)12-6-8-13(25-5)9-7-12/h6-11,14H,1-5H3,(H,19,23)(H,20,22,24). The van der Waals surface area contributed by atoms with Gasteiger partial charge in [0.2, 0.25) is 16.9 Å². The molecule has 1 unspecified atom stereocenters. The van der Waals surface area contributed by atoms with Crippen LogP contribution in [0.4, 0.5) is 5.13 Å². The Labute approximate surface area is 157 Å². The highest BCUT2D eigenvalue weighted by Gasteiger charge is 2.26. The van der Waals surface area contributed by atoms with Crippen LogP contribution in [0.25, 0.3) is 10.6 Å². The summed E-state index contributed by atoms with van der Waals surface area (Å²) in [4.78, 5) is 24.5. The summed E-state index contributed by atoms with van der Waals surface area (Å²) in [5, 5.41) is 14.7. The van der Waals surface area contributed by atoms with Gasteiger partial charge in [-0.2, -0.15) is 0 Å². The predicted molar refractivity (Wildman–Crippen MR) is 102 cm³/mol. The van der Waals surface area contributed by atoms with E-state index in [1.54, 1.807) is 21.0 Å². The van der Waals surface area contributed by atoms with Gasteiger partial charge in [-0.25, -0.2) is 0 Å². The van der Waals surface area contributed by atoms with Gasteiger partial charge in [0, 0.05) is 11.5 Å². The molecule has 0 aliphatic carbocycles.